The number of pyridine rings is 1. The largest absolute Gasteiger partial charge is 0.444 e. The van der Waals surface area contributed by atoms with Crippen LogP contribution in [0.5, 0.6) is 0 Å². The zero-order chi connectivity index (χ0) is 28.6. The molecule has 208 valence electrons. The molecule has 0 unspecified atom stereocenters. The number of aromatic nitrogens is 2. The second kappa shape index (κ2) is 11.0. The van der Waals surface area contributed by atoms with Crippen LogP contribution in [0.1, 0.15) is 55.2 Å². The number of hydrogen-bond donors (Lipinski definition) is 0. The van der Waals surface area contributed by atoms with Gasteiger partial charge in [0.1, 0.15) is 22.2 Å². The van der Waals surface area contributed by atoms with Crippen molar-refractivity contribution in [2.45, 2.75) is 59.1 Å². The Kier molecular flexibility index (Phi) is 7.59. The van der Waals surface area contributed by atoms with Crippen molar-refractivity contribution in [1.82, 2.24) is 14.9 Å². The van der Waals surface area contributed by atoms with E-state index in [2.05, 4.69) is 9.97 Å². The number of carbonyl (C=O) groups excluding carboxylic acids is 2. The minimum atomic E-state index is -0.644. The van der Waals surface area contributed by atoms with Gasteiger partial charge in [-0.05, 0) is 76.6 Å². The Hall–Kier alpha value is -3.85. The average molecular weight is 561 g/mol. The molecule has 0 N–H and O–H groups in total. The number of fused-ring (bicyclic) bond motifs is 1. The topological polar surface area (TPSA) is 75.6 Å². The zero-order valence-corrected chi connectivity index (χ0v) is 24.2. The van der Waals surface area contributed by atoms with Gasteiger partial charge in [0.05, 0.1) is 11.6 Å². The van der Waals surface area contributed by atoms with Crippen LogP contribution >= 0.6 is 11.3 Å². The highest BCUT2D eigenvalue weighted by Gasteiger charge is 2.36. The Morgan fingerprint density at radius 1 is 1.15 bits per heavy atom. The van der Waals surface area contributed by atoms with Gasteiger partial charge in [-0.2, -0.15) is 0 Å². The van der Waals surface area contributed by atoms with E-state index in [0.717, 1.165) is 22.0 Å². The first-order chi connectivity index (χ1) is 19.0. The number of thiazole rings is 1. The Balaban J connectivity index is 1.57. The summed E-state index contributed by atoms with van der Waals surface area (Å²) in [6, 6.07) is 12.0. The van der Waals surface area contributed by atoms with Crippen LogP contribution in [0.3, 0.4) is 0 Å². The Labute approximate surface area is 237 Å². The lowest BCUT2D eigenvalue weighted by Gasteiger charge is -2.39. The van der Waals surface area contributed by atoms with Gasteiger partial charge in [-0.25, -0.2) is 19.2 Å². The molecule has 1 atom stereocenters. The molecule has 0 bridgehead atoms. The monoisotopic (exact) mass is 560 g/mol. The molecule has 0 spiro atoms. The molecule has 2 aromatic heterocycles. The van der Waals surface area contributed by atoms with E-state index >= 15 is 4.39 Å². The lowest BCUT2D eigenvalue weighted by atomic mass is 10.00. The molecule has 0 radical (unpaired) electrons. The number of carbonyl (C=O) groups is 2. The van der Waals surface area contributed by atoms with Gasteiger partial charge >= 0.3 is 6.09 Å². The molecule has 0 aliphatic carbocycles. The van der Waals surface area contributed by atoms with Gasteiger partial charge in [-0.3, -0.25) is 9.69 Å². The standard InChI is InChI=1S/C31H33FN4O3S/c1-19-8-6-9-21-13-14-33-27(26(19)21)36(23-10-7-15-35(17-23)30(38)39-31(3,4)5)29(37)24-12-11-22(16-25(24)32)28-34-20(2)18-40-28/h6,8-9,11-14,16,18,23H,7,10,15,17H2,1-5H3/t23-/m1/s1. The highest BCUT2D eigenvalue weighted by molar-refractivity contribution is 7.13. The summed E-state index contributed by atoms with van der Waals surface area (Å²) < 4.78 is 21.3. The molecule has 3 heterocycles. The van der Waals surface area contributed by atoms with Gasteiger partial charge in [0.15, 0.2) is 0 Å². The number of piperidine rings is 1. The first-order valence-electron chi connectivity index (χ1n) is 13.4. The third kappa shape index (κ3) is 5.70. The van der Waals surface area contributed by atoms with Gasteiger partial charge in [0.2, 0.25) is 0 Å². The molecule has 1 saturated heterocycles. The first kappa shape index (κ1) is 27.7. The number of amides is 2. The number of hydrogen-bond acceptors (Lipinski definition) is 6. The van der Waals surface area contributed by atoms with E-state index in [-0.39, 0.29) is 12.1 Å². The van der Waals surface area contributed by atoms with Crippen molar-refractivity contribution in [1.29, 1.82) is 0 Å². The predicted molar refractivity (Wildman–Crippen MR) is 156 cm³/mol. The number of anilines is 1. The third-order valence-electron chi connectivity index (χ3n) is 6.91. The molecule has 40 heavy (non-hydrogen) atoms. The number of rotatable bonds is 4. The quantitative estimate of drug-likeness (QED) is 0.265. The average Bonchev–Trinajstić information content (AvgIpc) is 3.34. The van der Waals surface area contributed by atoms with E-state index in [0.29, 0.717) is 35.8 Å². The van der Waals surface area contributed by atoms with Crippen LogP contribution in [0.2, 0.25) is 0 Å². The lowest BCUT2D eigenvalue weighted by molar-refractivity contribution is 0.0196. The van der Waals surface area contributed by atoms with Crippen molar-refractivity contribution in [3.8, 4) is 10.6 Å². The van der Waals surface area contributed by atoms with Gasteiger partial charge < -0.3 is 9.64 Å². The number of ether oxygens (including phenoxy) is 1. The highest BCUT2D eigenvalue weighted by Crippen LogP contribution is 2.33. The Morgan fingerprint density at radius 3 is 2.65 bits per heavy atom. The van der Waals surface area contributed by atoms with E-state index in [1.807, 2.05) is 64.3 Å². The number of benzene rings is 2. The number of aryl methyl sites for hydroxylation is 2. The van der Waals surface area contributed by atoms with Gasteiger partial charge in [0, 0.05) is 41.3 Å². The van der Waals surface area contributed by atoms with E-state index in [1.54, 1.807) is 22.1 Å². The fraction of sp³-hybridized carbons (Fsp3) is 0.355. The Bertz CT molecular complexity index is 1570. The molecule has 2 aromatic carbocycles. The molecular formula is C31H33FN4O3S. The molecule has 5 rings (SSSR count). The molecule has 7 nitrogen and oxygen atoms in total. The summed E-state index contributed by atoms with van der Waals surface area (Å²) in [6.45, 7) is 10.1. The SMILES string of the molecule is Cc1csc(-c2ccc(C(=O)N(c3nccc4cccc(C)c34)[C@@H]3CCCN(C(=O)OC(C)(C)C)C3)c(F)c2)n1. The summed E-state index contributed by atoms with van der Waals surface area (Å²) >= 11 is 1.43. The van der Waals surface area contributed by atoms with Crippen LogP contribution in [0.15, 0.2) is 54.0 Å². The number of likely N-dealkylation sites (tertiary alicyclic amines) is 1. The smallest absolute Gasteiger partial charge is 0.410 e. The van der Waals surface area contributed by atoms with E-state index in [4.69, 9.17) is 4.74 Å². The van der Waals surface area contributed by atoms with Crippen molar-refractivity contribution in [2.24, 2.45) is 0 Å². The zero-order valence-electron chi connectivity index (χ0n) is 23.4. The van der Waals surface area contributed by atoms with E-state index in [9.17, 15) is 9.59 Å². The Morgan fingerprint density at radius 2 is 1.95 bits per heavy atom. The summed E-state index contributed by atoms with van der Waals surface area (Å²) in [6.07, 6.45) is 2.53. The minimum absolute atomic E-state index is 0.0567. The second-order valence-corrected chi connectivity index (χ2v) is 12.1. The predicted octanol–water partition coefficient (Wildman–Crippen LogP) is 7.16. The fourth-order valence-corrected chi connectivity index (χ4v) is 5.90. The van der Waals surface area contributed by atoms with E-state index < -0.39 is 29.5 Å². The molecule has 1 aliphatic heterocycles. The first-order valence-corrected chi connectivity index (χ1v) is 14.3. The molecule has 4 aromatic rings. The molecule has 0 saturated carbocycles. The second-order valence-electron chi connectivity index (χ2n) is 11.2. The summed E-state index contributed by atoms with van der Waals surface area (Å²) in [5, 5.41) is 4.35. The molecule has 1 fully saturated rings. The van der Waals surface area contributed by atoms with Crippen LogP contribution in [0.25, 0.3) is 21.3 Å². The van der Waals surface area contributed by atoms with E-state index in [1.165, 1.54) is 23.5 Å². The van der Waals surface area contributed by atoms with Gasteiger partial charge in [0.25, 0.3) is 5.91 Å². The maximum Gasteiger partial charge on any atom is 0.410 e. The van der Waals surface area contributed by atoms with Crippen molar-refractivity contribution in [2.75, 3.05) is 18.0 Å². The van der Waals surface area contributed by atoms with Crippen molar-refractivity contribution < 1.29 is 18.7 Å². The third-order valence-corrected chi connectivity index (χ3v) is 7.91. The number of nitrogens with zero attached hydrogens (tertiary/aromatic N) is 4. The maximum absolute atomic E-state index is 15.6. The molecular weight excluding hydrogens is 527 g/mol. The van der Waals surface area contributed by atoms with Crippen molar-refractivity contribution >= 4 is 39.9 Å². The lowest BCUT2D eigenvalue weighted by Crippen LogP contribution is -2.53. The van der Waals surface area contributed by atoms with Crippen LogP contribution in [0, 0.1) is 19.7 Å². The summed E-state index contributed by atoms with van der Waals surface area (Å²) in [5.41, 5.74) is 1.73. The molecule has 9 heteroatoms. The van der Waals surface area contributed by atoms with Gasteiger partial charge in [-0.15, -0.1) is 11.3 Å². The molecule has 2 amide bonds. The normalized spacial score (nSPS) is 15.8. The summed E-state index contributed by atoms with van der Waals surface area (Å²) in [7, 11) is 0. The van der Waals surface area contributed by atoms with Crippen LogP contribution in [0.4, 0.5) is 15.0 Å². The highest BCUT2D eigenvalue weighted by atomic mass is 32.1. The number of halogens is 1. The van der Waals surface area contributed by atoms with Crippen molar-refractivity contribution in [3.05, 3.63) is 76.7 Å². The molecule has 1 aliphatic rings. The minimum Gasteiger partial charge on any atom is -0.444 e. The fourth-order valence-electron chi connectivity index (χ4n) is 5.10. The van der Waals surface area contributed by atoms with Crippen LogP contribution in [-0.2, 0) is 4.74 Å². The summed E-state index contributed by atoms with van der Waals surface area (Å²) in [5.74, 6) is -0.675. The van der Waals surface area contributed by atoms with Crippen LogP contribution < -0.4 is 4.90 Å². The van der Waals surface area contributed by atoms with Crippen LogP contribution in [-0.4, -0.2) is 51.6 Å². The van der Waals surface area contributed by atoms with Gasteiger partial charge in [-0.1, -0.05) is 24.3 Å². The van der Waals surface area contributed by atoms with Crippen molar-refractivity contribution in [3.63, 3.8) is 0 Å². The maximum atomic E-state index is 15.6. The summed E-state index contributed by atoms with van der Waals surface area (Å²) in [4.78, 5) is 39.6.